The number of nitrogens with zero attached hydrogens (tertiary/aromatic N) is 2. The first-order chi connectivity index (χ1) is 8.60. The van der Waals surface area contributed by atoms with Crippen LogP contribution in [-0.2, 0) is 9.53 Å². The average molecular weight is 249 g/mol. The van der Waals surface area contributed by atoms with Crippen molar-refractivity contribution in [1.29, 1.82) is 0 Å². The van der Waals surface area contributed by atoms with Crippen molar-refractivity contribution in [3.8, 4) is 0 Å². The molecule has 18 heavy (non-hydrogen) atoms. The number of carbonyl (C=O) groups excluding carboxylic acids is 1. The van der Waals surface area contributed by atoms with Gasteiger partial charge in [-0.1, -0.05) is 0 Å². The lowest BCUT2D eigenvalue weighted by Crippen LogP contribution is -2.17. The monoisotopic (exact) mass is 249 g/mol. The summed E-state index contributed by atoms with van der Waals surface area (Å²) in [6.07, 6.45) is 2.96. The van der Waals surface area contributed by atoms with E-state index in [1.54, 1.807) is 18.3 Å². The molecule has 2 aromatic heterocycles. The number of carbonyl (C=O) groups is 2. The smallest absolute Gasteiger partial charge is 0.356 e. The fourth-order valence-corrected chi connectivity index (χ4v) is 1.50. The van der Waals surface area contributed by atoms with Gasteiger partial charge in [0.2, 0.25) is 5.91 Å². The fraction of sp³-hybridized carbons (Fsp3) is 0.182. The molecule has 0 radical (unpaired) electrons. The molecule has 94 valence electrons. The fourth-order valence-electron chi connectivity index (χ4n) is 1.50. The van der Waals surface area contributed by atoms with Crippen molar-refractivity contribution in [3.63, 3.8) is 0 Å². The number of hydrogen-bond acceptors (Lipinski definition) is 4. The lowest BCUT2D eigenvalue weighted by Gasteiger charge is -2.04. The van der Waals surface area contributed by atoms with Crippen molar-refractivity contribution >= 4 is 23.2 Å². The highest BCUT2D eigenvalue weighted by Crippen LogP contribution is 2.11. The van der Waals surface area contributed by atoms with Gasteiger partial charge in [-0.15, -0.1) is 0 Å². The molecule has 2 rings (SSSR count). The van der Waals surface area contributed by atoms with Crippen LogP contribution in [0.15, 0.2) is 24.5 Å². The van der Waals surface area contributed by atoms with Crippen molar-refractivity contribution in [2.45, 2.75) is 0 Å². The third kappa shape index (κ3) is 2.46. The van der Waals surface area contributed by atoms with E-state index in [1.165, 1.54) is 17.7 Å². The average Bonchev–Trinajstić information content (AvgIpc) is 2.72. The molecule has 7 nitrogen and oxygen atoms in total. The topological polar surface area (TPSA) is 92.9 Å². The van der Waals surface area contributed by atoms with Gasteiger partial charge in [0.25, 0.3) is 0 Å². The third-order valence-electron chi connectivity index (χ3n) is 2.23. The van der Waals surface area contributed by atoms with Gasteiger partial charge in [-0.05, 0) is 12.1 Å². The summed E-state index contributed by atoms with van der Waals surface area (Å²) >= 11 is 0. The molecule has 2 N–H and O–H groups in total. The van der Waals surface area contributed by atoms with Gasteiger partial charge >= 0.3 is 5.97 Å². The van der Waals surface area contributed by atoms with E-state index in [4.69, 9.17) is 5.11 Å². The zero-order valence-corrected chi connectivity index (χ0v) is 9.58. The van der Waals surface area contributed by atoms with E-state index < -0.39 is 5.97 Å². The molecule has 0 aliphatic carbocycles. The number of rotatable bonds is 4. The van der Waals surface area contributed by atoms with E-state index in [0.29, 0.717) is 11.3 Å². The number of nitrogens with one attached hydrogen (secondary N) is 1. The van der Waals surface area contributed by atoms with Gasteiger partial charge in [-0.25, -0.2) is 9.78 Å². The zero-order chi connectivity index (χ0) is 13.1. The van der Waals surface area contributed by atoms with E-state index in [1.807, 2.05) is 0 Å². The maximum absolute atomic E-state index is 11.3. The van der Waals surface area contributed by atoms with Crippen LogP contribution in [0.3, 0.4) is 0 Å². The first kappa shape index (κ1) is 12.1. The van der Waals surface area contributed by atoms with Crippen LogP contribution in [0.25, 0.3) is 5.65 Å². The van der Waals surface area contributed by atoms with Crippen LogP contribution in [0.2, 0.25) is 0 Å². The molecular formula is C11H11N3O4. The van der Waals surface area contributed by atoms with Crippen LogP contribution >= 0.6 is 0 Å². The number of imidazole rings is 1. The van der Waals surface area contributed by atoms with Crippen LogP contribution in [-0.4, -0.2) is 40.1 Å². The predicted molar refractivity (Wildman–Crippen MR) is 62.7 cm³/mol. The van der Waals surface area contributed by atoms with Crippen molar-refractivity contribution in [2.24, 2.45) is 0 Å². The second-order valence-electron chi connectivity index (χ2n) is 3.60. The van der Waals surface area contributed by atoms with E-state index in [-0.39, 0.29) is 18.2 Å². The standard InChI is InChI=1S/C11H11N3O4/c1-18-6-10(15)12-7-2-3-9-13-8(11(16)17)5-14(9)4-7/h2-5H,6H2,1H3,(H,12,15)(H,16,17). The van der Waals surface area contributed by atoms with E-state index >= 15 is 0 Å². The minimum absolute atomic E-state index is 0.0393. The molecule has 0 bridgehead atoms. The summed E-state index contributed by atoms with van der Waals surface area (Å²) < 4.78 is 6.22. The summed E-state index contributed by atoms with van der Waals surface area (Å²) in [6.45, 7) is -0.0393. The molecule has 0 unspecified atom stereocenters. The number of hydrogen-bond donors (Lipinski definition) is 2. The number of carboxylic acids is 1. The molecule has 0 saturated carbocycles. The number of amides is 1. The Hall–Kier alpha value is -2.41. The number of methoxy groups -OCH3 is 1. The van der Waals surface area contributed by atoms with Gasteiger partial charge in [0.1, 0.15) is 12.3 Å². The summed E-state index contributed by atoms with van der Waals surface area (Å²) in [5.41, 5.74) is 0.992. The maximum Gasteiger partial charge on any atom is 0.356 e. The quantitative estimate of drug-likeness (QED) is 0.828. The van der Waals surface area contributed by atoms with E-state index in [2.05, 4.69) is 15.0 Å². The van der Waals surface area contributed by atoms with E-state index in [9.17, 15) is 9.59 Å². The van der Waals surface area contributed by atoms with Gasteiger partial charge in [0, 0.05) is 19.5 Å². The highest BCUT2D eigenvalue weighted by atomic mass is 16.5. The first-order valence-electron chi connectivity index (χ1n) is 5.11. The molecule has 0 fully saturated rings. The van der Waals surface area contributed by atoms with Crippen LogP contribution in [0, 0.1) is 0 Å². The second-order valence-corrected chi connectivity index (χ2v) is 3.60. The summed E-state index contributed by atoms with van der Waals surface area (Å²) in [5, 5.41) is 11.4. The lowest BCUT2D eigenvalue weighted by atomic mass is 10.4. The summed E-state index contributed by atoms with van der Waals surface area (Å²) in [7, 11) is 1.43. The highest BCUT2D eigenvalue weighted by Gasteiger charge is 2.09. The van der Waals surface area contributed by atoms with E-state index in [0.717, 1.165) is 0 Å². The molecule has 0 aromatic carbocycles. The van der Waals surface area contributed by atoms with Crippen LogP contribution in [0.4, 0.5) is 5.69 Å². The lowest BCUT2D eigenvalue weighted by molar-refractivity contribution is -0.119. The minimum atomic E-state index is -1.09. The summed E-state index contributed by atoms with van der Waals surface area (Å²) in [5.74, 6) is -1.38. The zero-order valence-electron chi connectivity index (χ0n) is 9.58. The molecule has 2 heterocycles. The van der Waals surface area contributed by atoms with Gasteiger partial charge < -0.3 is 19.6 Å². The van der Waals surface area contributed by atoms with Crippen LogP contribution in [0.1, 0.15) is 10.5 Å². The molecule has 0 saturated heterocycles. The highest BCUT2D eigenvalue weighted by molar-refractivity contribution is 5.91. The molecule has 7 heteroatoms. The number of aromatic nitrogens is 2. The van der Waals surface area contributed by atoms with Gasteiger partial charge in [0.15, 0.2) is 5.69 Å². The normalized spacial score (nSPS) is 10.5. The Kier molecular flexibility index (Phi) is 3.24. The maximum atomic E-state index is 11.3. The Balaban J connectivity index is 2.26. The Morgan fingerprint density at radius 3 is 2.89 bits per heavy atom. The summed E-state index contributed by atoms with van der Waals surface area (Å²) in [4.78, 5) is 26.0. The number of anilines is 1. The van der Waals surface area contributed by atoms with Gasteiger partial charge in [-0.2, -0.15) is 0 Å². The first-order valence-corrected chi connectivity index (χ1v) is 5.11. The second kappa shape index (κ2) is 4.84. The molecule has 1 amide bonds. The Labute approximate surface area is 102 Å². The number of pyridine rings is 1. The SMILES string of the molecule is COCC(=O)Nc1ccc2nc(C(=O)O)cn2c1. The molecule has 2 aromatic rings. The molecule has 0 aliphatic heterocycles. The van der Waals surface area contributed by atoms with Crippen molar-refractivity contribution in [3.05, 3.63) is 30.2 Å². The number of carboxylic acid groups (broad SMARTS) is 1. The molecule has 0 atom stereocenters. The van der Waals surface area contributed by atoms with Gasteiger partial charge in [-0.3, -0.25) is 4.79 Å². The number of aromatic carboxylic acids is 1. The third-order valence-corrected chi connectivity index (χ3v) is 2.23. The largest absolute Gasteiger partial charge is 0.476 e. The van der Waals surface area contributed by atoms with Crippen molar-refractivity contribution < 1.29 is 19.4 Å². The van der Waals surface area contributed by atoms with Crippen molar-refractivity contribution in [1.82, 2.24) is 9.38 Å². The molecular weight excluding hydrogens is 238 g/mol. The summed E-state index contributed by atoms with van der Waals surface area (Å²) in [6, 6.07) is 3.26. The predicted octanol–water partition coefficient (Wildman–Crippen LogP) is 0.617. The Morgan fingerprint density at radius 2 is 2.22 bits per heavy atom. The molecule has 0 aliphatic rings. The van der Waals surface area contributed by atoms with Gasteiger partial charge in [0.05, 0.1) is 5.69 Å². The Morgan fingerprint density at radius 1 is 1.44 bits per heavy atom. The van der Waals surface area contributed by atoms with Crippen LogP contribution in [0.5, 0.6) is 0 Å². The minimum Gasteiger partial charge on any atom is -0.476 e. The number of ether oxygens (including phenoxy) is 1. The van der Waals surface area contributed by atoms with Crippen LogP contribution < -0.4 is 5.32 Å². The molecule has 0 spiro atoms. The number of fused-ring (bicyclic) bond motifs is 1. The van der Waals surface area contributed by atoms with Crippen molar-refractivity contribution in [2.75, 3.05) is 19.0 Å². The Bertz CT molecular complexity index is 605.